The topological polar surface area (TPSA) is 44.5 Å². The summed E-state index contributed by atoms with van der Waals surface area (Å²) >= 11 is 4.58. The van der Waals surface area contributed by atoms with Gasteiger partial charge >= 0.3 is 6.18 Å². The van der Waals surface area contributed by atoms with Gasteiger partial charge in [-0.05, 0) is 18.2 Å². The van der Waals surface area contributed by atoms with Gasteiger partial charge in [0.2, 0.25) is 0 Å². The average Bonchev–Trinajstić information content (AvgIpc) is 2.28. The van der Waals surface area contributed by atoms with Crippen LogP contribution in [0.5, 0.6) is 5.75 Å². The van der Waals surface area contributed by atoms with Gasteiger partial charge in [-0.1, -0.05) is 12.2 Å². The SMILES string of the molecule is COCCOc1ccc(C(N)=S)c(C(F)(F)F)c1. The van der Waals surface area contributed by atoms with E-state index in [0.29, 0.717) is 6.61 Å². The molecule has 3 nitrogen and oxygen atoms in total. The second kappa shape index (κ2) is 6.01. The summed E-state index contributed by atoms with van der Waals surface area (Å²) in [5, 5.41) is 0. The van der Waals surface area contributed by atoms with Gasteiger partial charge in [-0.3, -0.25) is 0 Å². The van der Waals surface area contributed by atoms with Gasteiger partial charge in [0, 0.05) is 12.7 Å². The fourth-order valence-corrected chi connectivity index (χ4v) is 1.48. The third-order valence-electron chi connectivity index (χ3n) is 2.12. The molecular weight excluding hydrogens is 267 g/mol. The van der Waals surface area contributed by atoms with Crippen molar-refractivity contribution >= 4 is 17.2 Å². The molecular formula is C11H12F3NO2S. The molecule has 100 valence electrons. The summed E-state index contributed by atoms with van der Waals surface area (Å²) in [5.74, 6) is 0.0966. The van der Waals surface area contributed by atoms with E-state index in [1.807, 2.05) is 0 Å². The van der Waals surface area contributed by atoms with Gasteiger partial charge in [0.15, 0.2) is 0 Å². The number of methoxy groups -OCH3 is 1. The molecule has 0 bridgehead atoms. The lowest BCUT2D eigenvalue weighted by Gasteiger charge is -2.14. The van der Waals surface area contributed by atoms with Crippen molar-refractivity contribution in [2.45, 2.75) is 6.18 Å². The van der Waals surface area contributed by atoms with E-state index in [9.17, 15) is 13.2 Å². The van der Waals surface area contributed by atoms with Gasteiger partial charge in [-0.25, -0.2) is 0 Å². The highest BCUT2D eigenvalue weighted by Crippen LogP contribution is 2.34. The van der Waals surface area contributed by atoms with Crippen LogP contribution in [0.4, 0.5) is 13.2 Å². The zero-order valence-electron chi connectivity index (χ0n) is 9.58. The first kappa shape index (κ1) is 14.7. The molecule has 0 atom stereocenters. The van der Waals surface area contributed by atoms with Crippen LogP contribution in [-0.4, -0.2) is 25.3 Å². The normalized spacial score (nSPS) is 11.3. The van der Waals surface area contributed by atoms with Gasteiger partial charge in [-0.15, -0.1) is 0 Å². The molecule has 0 aliphatic rings. The van der Waals surface area contributed by atoms with Crippen molar-refractivity contribution < 1.29 is 22.6 Å². The van der Waals surface area contributed by atoms with Crippen LogP contribution in [0.3, 0.4) is 0 Å². The minimum Gasteiger partial charge on any atom is -0.491 e. The maximum atomic E-state index is 12.8. The molecule has 0 spiro atoms. The van der Waals surface area contributed by atoms with Crippen molar-refractivity contribution in [1.29, 1.82) is 0 Å². The van der Waals surface area contributed by atoms with E-state index < -0.39 is 11.7 Å². The molecule has 0 unspecified atom stereocenters. The van der Waals surface area contributed by atoms with Crippen LogP contribution in [0.2, 0.25) is 0 Å². The highest BCUT2D eigenvalue weighted by atomic mass is 32.1. The second-order valence-corrected chi connectivity index (χ2v) is 3.85. The Balaban J connectivity index is 3.02. The number of halogens is 3. The second-order valence-electron chi connectivity index (χ2n) is 3.41. The van der Waals surface area contributed by atoms with E-state index in [0.717, 1.165) is 6.07 Å². The van der Waals surface area contributed by atoms with Crippen LogP contribution in [0, 0.1) is 0 Å². The number of hydrogen-bond donors (Lipinski definition) is 1. The molecule has 1 aromatic rings. The Morgan fingerprint density at radius 3 is 2.50 bits per heavy atom. The van der Waals surface area contributed by atoms with Crippen LogP contribution in [-0.2, 0) is 10.9 Å². The predicted molar refractivity (Wildman–Crippen MR) is 64.7 cm³/mol. The Labute approximate surface area is 108 Å². The van der Waals surface area contributed by atoms with Crippen LogP contribution < -0.4 is 10.5 Å². The molecule has 0 saturated heterocycles. The molecule has 0 heterocycles. The van der Waals surface area contributed by atoms with Crippen LogP contribution >= 0.6 is 12.2 Å². The third-order valence-corrected chi connectivity index (χ3v) is 2.34. The van der Waals surface area contributed by atoms with E-state index in [2.05, 4.69) is 12.2 Å². The van der Waals surface area contributed by atoms with Gasteiger partial charge < -0.3 is 15.2 Å². The monoisotopic (exact) mass is 279 g/mol. The predicted octanol–water partition coefficient (Wildman–Crippen LogP) is 2.36. The first-order chi connectivity index (χ1) is 8.36. The van der Waals surface area contributed by atoms with E-state index >= 15 is 0 Å². The van der Waals surface area contributed by atoms with Gasteiger partial charge in [-0.2, -0.15) is 13.2 Å². The summed E-state index contributed by atoms with van der Waals surface area (Å²) in [6.45, 7) is 0.457. The molecule has 0 saturated carbocycles. The van der Waals surface area contributed by atoms with Crippen LogP contribution in [0.1, 0.15) is 11.1 Å². The summed E-state index contributed by atoms with van der Waals surface area (Å²) in [5.41, 5.74) is 4.14. The molecule has 0 aliphatic carbocycles. The highest BCUT2D eigenvalue weighted by Gasteiger charge is 2.34. The first-order valence-electron chi connectivity index (χ1n) is 4.99. The van der Waals surface area contributed by atoms with Crippen molar-refractivity contribution in [1.82, 2.24) is 0 Å². The zero-order valence-corrected chi connectivity index (χ0v) is 10.4. The summed E-state index contributed by atoms with van der Waals surface area (Å²) in [7, 11) is 1.47. The van der Waals surface area contributed by atoms with E-state index in [4.69, 9.17) is 15.2 Å². The zero-order chi connectivity index (χ0) is 13.8. The largest absolute Gasteiger partial charge is 0.491 e. The lowest BCUT2D eigenvalue weighted by atomic mass is 10.1. The minimum absolute atomic E-state index is 0.0966. The van der Waals surface area contributed by atoms with Crippen molar-refractivity contribution in [3.05, 3.63) is 29.3 Å². The molecule has 0 aliphatic heterocycles. The third kappa shape index (κ3) is 3.85. The molecule has 0 aromatic heterocycles. The summed E-state index contributed by atoms with van der Waals surface area (Å²) in [4.78, 5) is -0.300. The summed E-state index contributed by atoms with van der Waals surface area (Å²) < 4.78 is 48.2. The van der Waals surface area contributed by atoms with Gasteiger partial charge in [0.25, 0.3) is 0 Å². The molecule has 0 amide bonds. The fraction of sp³-hybridized carbons (Fsp3) is 0.364. The number of nitrogens with two attached hydrogens (primary N) is 1. The Morgan fingerprint density at radius 2 is 2.00 bits per heavy atom. The molecule has 1 rings (SSSR count). The summed E-state index contributed by atoms with van der Waals surface area (Å²) in [6.07, 6.45) is -4.53. The average molecular weight is 279 g/mol. The van der Waals surface area contributed by atoms with Crippen molar-refractivity contribution in [3.8, 4) is 5.75 Å². The minimum atomic E-state index is -4.53. The lowest BCUT2D eigenvalue weighted by Crippen LogP contribution is -2.18. The van der Waals surface area contributed by atoms with E-state index in [-0.39, 0.29) is 22.9 Å². The van der Waals surface area contributed by atoms with Crippen molar-refractivity contribution in [2.24, 2.45) is 5.73 Å². The number of thiocarbonyl (C=S) groups is 1. The standard InChI is InChI=1S/C11H12F3NO2S/c1-16-4-5-17-7-2-3-8(10(15)18)9(6-7)11(12,13)14/h2-3,6H,4-5H2,1H3,(H2,15,18). The molecule has 18 heavy (non-hydrogen) atoms. The van der Waals surface area contributed by atoms with Crippen LogP contribution in [0.15, 0.2) is 18.2 Å². The molecule has 0 fully saturated rings. The maximum absolute atomic E-state index is 12.8. The smallest absolute Gasteiger partial charge is 0.417 e. The molecule has 0 radical (unpaired) electrons. The Morgan fingerprint density at radius 1 is 1.33 bits per heavy atom. The van der Waals surface area contributed by atoms with E-state index in [1.165, 1.54) is 19.2 Å². The number of rotatable bonds is 5. The molecule has 7 heteroatoms. The van der Waals surface area contributed by atoms with Gasteiger partial charge in [0.1, 0.15) is 17.3 Å². The lowest BCUT2D eigenvalue weighted by molar-refractivity contribution is -0.137. The Hall–Kier alpha value is -1.34. The van der Waals surface area contributed by atoms with Gasteiger partial charge in [0.05, 0.1) is 12.2 Å². The fourth-order valence-electron chi connectivity index (χ4n) is 1.31. The Kier molecular flexibility index (Phi) is 4.92. The summed E-state index contributed by atoms with van der Waals surface area (Å²) in [6, 6.07) is 3.47. The van der Waals surface area contributed by atoms with Crippen molar-refractivity contribution in [2.75, 3.05) is 20.3 Å². The number of benzene rings is 1. The molecule has 1 aromatic carbocycles. The molecule has 2 N–H and O–H groups in total. The first-order valence-corrected chi connectivity index (χ1v) is 5.40. The number of alkyl halides is 3. The quantitative estimate of drug-likeness (QED) is 0.664. The van der Waals surface area contributed by atoms with Crippen LogP contribution in [0.25, 0.3) is 0 Å². The number of hydrogen-bond acceptors (Lipinski definition) is 3. The maximum Gasteiger partial charge on any atom is 0.417 e. The Bertz CT molecular complexity index is 435. The van der Waals surface area contributed by atoms with E-state index in [1.54, 1.807) is 0 Å². The van der Waals surface area contributed by atoms with Crippen molar-refractivity contribution in [3.63, 3.8) is 0 Å². The number of ether oxygens (including phenoxy) is 2. The highest BCUT2D eigenvalue weighted by molar-refractivity contribution is 7.80.